The molecule has 0 fully saturated rings. The summed E-state index contributed by atoms with van der Waals surface area (Å²) < 4.78 is 5.57. The van der Waals surface area contributed by atoms with E-state index in [2.05, 4.69) is 6.07 Å². The van der Waals surface area contributed by atoms with Crippen molar-refractivity contribution >= 4 is 28.8 Å². The quantitative estimate of drug-likeness (QED) is 0.616. The van der Waals surface area contributed by atoms with Gasteiger partial charge in [-0.25, -0.2) is 0 Å². The van der Waals surface area contributed by atoms with Gasteiger partial charge in [-0.2, -0.15) is 0 Å². The summed E-state index contributed by atoms with van der Waals surface area (Å²) in [5.41, 5.74) is 5.27. The molecule has 0 amide bonds. The molecule has 0 atom stereocenters. The van der Waals surface area contributed by atoms with Crippen molar-refractivity contribution in [1.29, 1.82) is 0 Å². The predicted molar refractivity (Wildman–Crippen MR) is 76.2 cm³/mol. The van der Waals surface area contributed by atoms with Gasteiger partial charge >= 0.3 is 0 Å². The van der Waals surface area contributed by atoms with Crippen molar-refractivity contribution in [2.75, 3.05) is 7.11 Å². The lowest BCUT2D eigenvalue weighted by Crippen LogP contribution is -1.85. The van der Waals surface area contributed by atoms with Crippen LogP contribution in [0.4, 0.5) is 0 Å². The molecular formula is C15H10Cl2O. The van der Waals surface area contributed by atoms with E-state index in [4.69, 9.17) is 27.9 Å². The second-order valence-corrected chi connectivity index (χ2v) is 5.04. The van der Waals surface area contributed by atoms with Gasteiger partial charge in [0.25, 0.3) is 0 Å². The molecule has 2 aromatic carbocycles. The van der Waals surface area contributed by atoms with E-state index in [-0.39, 0.29) is 0 Å². The number of ether oxygens (including phenoxy) is 1. The summed E-state index contributed by atoms with van der Waals surface area (Å²) in [7, 11) is 1.66. The number of fused-ring (bicyclic) bond motifs is 3. The molecule has 0 spiro atoms. The number of benzene rings is 2. The Morgan fingerprint density at radius 3 is 2.22 bits per heavy atom. The third kappa shape index (κ3) is 1.63. The van der Waals surface area contributed by atoms with E-state index in [1.807, 2.05) is 36.4 Å². The molecule has 0 heterocycles. The van der Waals surface area contributed by atoms with Crippen molar-refractivity contribution in [2.45, 2.75) is 0 Å². The zero-order valence-electron chi connectivity index (χ0n) is 9.71. The summed E-state index contributed by atoms with van der Waals surface area (Å²) in [6, 6.07) is 14.0. The van der Waals surface area contributed by atoms with E-state index < -0.39 is 0 Å². The molecule has 0 radical (unpaired) electrons. The van der Waals surface area contributed by atoms with Gasteiger partial charge in [0.05, 0.1) is 7.11 Å². The molecule has 3 rings (SSSR count). The Balaban J connectivity index is 2.36. The number of rotatable bonds is 1. The molecule has 1 aliphatic carbocycles. The van der Waals surface area contributed by atoms with Crippen LogP contribution in [0.5, 0.6) is 5.75 Å². The van der Waals surface area contributed by atoms with Crippen molar-refractivity contribution < 1.29 is 4.74 Å². The minimum Gasteiger partial charge on any atom is -0.497 e. The molecule has 3 heteroatoms. The molecule has 0 bridgehead atoms. The maximum atomic E-state index is 6.03. The maximum absolute atomic E-state index is 6.03. The van der Waals surface area contributed by atoms with Crippen LogP contribution in [0.2, 0.25) is 0 Å². The Morgan fingerprint density at radius 1 is 0.889 bits per heavy atom. The fourth-order valence-electron chi connectivity index (χ4n) is 2.38. The highest BCUT2D eigenvalue weighted by Gasteiger charge is 2.25. The summed E-state index contributed by atoms with van der Waals surface area (Å²) in [5.74, 6) is 0.829. The fraction of sp³-hybridized carbons (Fsp3) is 0.0667. The van der Waals surface area contributed by atoms with Crippen LogP contribution in [0.3, 0.4) is 0 Å². The molecule has 2 aromatic rings. The van der Waals surface area contributed by atoms with Gasteiger partial charge in [-0.15, -0.1) is 0 Å². The largest absolute Gasteiger partial charge is 0.497 e. The third-order valence-electron chi connectivity index (χ3n) is 3.17. The summed E-state index contributed by atoms with van der Waals surface area (Å²) in [6.07, 6.45) is 0. The van der Waals surface area contributed by atoms with E-state index in [1.54, 1.807) is 7.11 Å². The molecule has 0 saturated heterocycles. The summed E-state index contributed by atoms with van der Waals surface area (Å²) in [5, 5.41) is 0. The predicted octanol–water partition coefficient (Wildman–Crippen LogP) is 4.87. The molecule has 0 unspecified atom stereocenters. The monoisotopic (exact) mass is 276 g/mol. The molecule has 0 aromatic heterocycles. The first-order valence-corrected chi connectivity index (χ1v) is 6.31. The van der Waals surface area contributed by atoms with Crippen molar-refractivity contribution in [3.8, 4) is 16.9 Å². The first-order chi connectivity index (χ1) is 8.72. The Labute approximate surface area is 116 Å². The molecule has 0 N–H and O–H groups in total. The minimum atomic E-state index is 0.298. The van der Waals surface area contributed by atoms with Gasteiger partial charge in [-0.05, 0) is 40.5 Å². The number of hydrogen-bond donors (Lipinski definition) is 0. The van der Waals surface area contributed by atoms with Crippen LogP contribution in [-0.2, 0) is 0 Å². The zero-order valence-corrected chi connectivity index (χ0v) is 11.2. The Kier molecular flexibility index (Phi) is 2.81. The maximum Gasteiger partial charge on any atom is 0.119 e. The number of methoxy groups -OCH3 is 1. The third-order valence-corrected chi connectivity index (χ3v) is 3.55. The van der Waals surface area contributed by atoms with Crippen LogP contribution in [0.25, 0.3) is 16.7 Å². The first kappa shape index (κ1) is 11.6. The lowest BCUT2D eigenvalue weighted by molar-refractivity contribution is 0.415. The summed E-state index contributed by atoms with van der Waals surface area (Å²) in [6.45, 7) is 0. The van der Waals surface area contributed by atoms with E-state index in [1.165, 1.54) is 0 Å². The highest BCUT2D eigenvalue weighted by Crippen LogP contribution is 2.47. The van der Waals surface area contributed by atoms with E-state index in [0.29, 0.717) is 4.49 Å². The van der Waals surface area contributed by atoms with Crippen LogP contribution in [0.1, 0.15) is 11.1 Å². The topological polar surface area (TPSA) is 9.23 Å². The standard InChI is InChI=1S/C15H10Cl2O/c1-18-9-6-7-12-13(8-9)10-4-2-3-5-11(10)14(12)15(16)17/h2-8H,1H3. The van der Waals surface area contributed by atoms with E-state index >= 15 is 0 Å². The van der Waals surface area contributed by atoms with Gasteiger partial charge in [0.1, 0.15) is 10.2 Å². The summed E-state index contributed by atoms with van der Waals surface area (Å²) in [4.78, 5) is 0. The van der Waals surface area contributed by atoms with Gasteiger partial charge < -0.3 is 4.74 Å². The van der Waals surface area contributed by atoms with Gasteiger partial charge in [-0.3, -0.25) is 0 Å². The second kappa shape index (κ2) is 4.34. The Morgan fingerprint density at radius 2 is 1.56 bits per heavy atom. The molecular weight excluding hydrogens is 267 g/mol. The van der Waals surface area contributed by atoms with Crippen molar-refractivity contribution in [1.82, 2.24) is 0 Å². The van der Waals surface area contributed by atoms with Crippen molar-refractivity contribution in [2.24, 2.45) is 0 Å². The van der Waals surface area contributed by atoms with E-state index in [0.717, 1.165) is 33.6 Å². The minimum absolute atomic E-state index is 0.298. The van der Waals surface area contributed by atoms with Crippen molar-refractivity contribution in [3.63, 3.8) is 0 Å². The Bertz CT molecular complexity index is 655. The highest BCUT2D eigenvalue weighted by molar-refractivity contribution is 6.59. The highest BCUT2D eigenvalue weighted by atomic mass is 35.5. The second-order valence-electron chi connectivity index (χ2n) is 4.09. The lowest BCUT2D eigenvalue weighted by Gasteiger charge is -2.04. The van der Waals surface area contributed by atoms with Gasteiger partial charge in [0.15, 0.2) is 0 Å². The van der Waals surface area contributed by atoms with E-state index in [9.17, 15) is 0 Å². The van der Waals surface area contributed by atoms with Crippen LogP contribution in [0, 0.1) is 0 Å². The lowest BCUT2D eigenvalue weighted by atomic mass is 10.1. The van der Waals surface area contributed by atoms with Crippen LogP contribution < -0.4 is 4.74 Å². The van der Waals surface area contributed by atoms with Gasteiger partial charge in [0.2, 0.25) is 0 Å². The van der Waals surface area contributed by atoms with Crippen LogP contribution in [-0.4, -0.2) is 7.11 Å². The normalized spacial score (nSPS) is 12.1. The molecule has 0 aliphatic heterocycles. The first-order valence-electron chi connectivity index (χ1n) is 5.56. The molecule has 18 heavy (non-hydrogen) atoms. The van der Waals surface area contributed by atoms with Gasteiger partial charge in [-0.1, -0.05) is 47.5 Å². The molecule has 0 saturated carbocycles. The molecule has 90 valence electrons. The van der Waals surface area contributed by atoms with Crippen LogP contribution in [0.15, 0.2) is 47.0 Å². The van der Waals surface area contributed by atoms with Gasteiger partial charge in [0, 0.05) is 5.57 Å². The summed E-state index contributed by atoms with van der Waals surface area (Å²) >= 11 is 12.1. The Hall–Kier alpha value is -1.44. The van der Waals surface area contributed by atoms with Crippen LogP contribution >= 0.6 is 23.2 Å². The zero-order chi connectivity index (χ0) is 12.7. The molecule has 1 nitrogen and oxygen atoms in total. The molecule has 1 aliphatic rings. The number of hydrogen-bond acceptors (Lipinski definition) is 1. The average molecular weight is 277 g/mol. The van der Waals surface area contributed by atoms with Crippen molar-refractivity contribution in [3.05, 3.63) is 58.1 Å². The fourth-order valence-corrected chi connectivity index (χ4v) is 2.78. The average Bonchev–Trinajstić information content (AvgIpc) is 2.72. The number of halogens is 2. The SMILES string of the molecule is COc1ccc2c(c1)-c1ccccc1C2=C(Cl)Cl. The smallest absolute Gasteiger partial charge is 0.119 e.